The van der Waals surface area contributed by atoms with Crippen molar-refractivity contribution in [1.82, 2.24) is 4.90 Å². The van der Waals surface area contributed by atoms with Gasteiger partial charge in [-0.15, -0.1) is 0 Å². The van der Waals surface area contributed by atoms with Gasteiger partial charge in [-0.25, -0.2) is 0 Å². The lowest BCUT2D eigenvalue weighted by molar-refractivity contribution is 0.0647. The number of amides is 1. The first-order valence-electron chi connectivity index (χ1n) is 7.03. The van der Waals surface area contributed by atoms with Crippen LogP contribution in [0.3, 0.4) is 0 Å². The highest BCUT2D eigenvalue weighted by Crippen LogP contribution is 2.29. The van der Waals surface area contributed by atoms with E-state index in [1.807, 2.05) is 32.0 Å². The number of carbonyl (C=O) groups excluding carboxylic acids is 1. The maximum atomic E-state index is 12.6. The molecule has 3 rings (SSSR count). The molecule has 1 amide bonds. The second kappa shape index (κ2) is 4.94. The van der Waals surface area contributed by atoms with Gasteiger partial charge in [-0.2, -0.15) is 0 Å². The van der Waals surface area contributed by atoms with Crippen molar-refractivity contribution in [3.05, 3.63) is 35.1 Å². The number of fused-ring (bicyclic) bond motifs is 1. The van der Waals surface area contributed by atoms with E-state index in [-0.39, 0.29) is 18.6 Å². The number of likely N-dealkylation sites (tertiary alicyclic amines) is 1. The second-order valence-corrected chi connectivity index (χ2v) is 5.53. The van der Waals surface area contributed by atoms with E-state index >= 15 is 0 Å². The van der Waals surface area contributed by atoms with Crippen molar-refractivity contribution >= 4 is 16.9 Å². The van der Waals surface area contributed by atoms with Crippen LogP contribution >= 0.6 is 0 Å². The topological polar surface area (TPSA) is 53.7 Å². The van der Waals surface area contributed by atoms with Gasteiger partial charge in [0.05, 0.1) is 12.6 Å². The minimum Gasteiger partial charge on any atom is -0.451 e. The van der Waals surface area contributed by atoms with Crippen molar-refractivity contribution in [2.45, 2.75) is 32.7 Å². The summed E-state index contributed by atoms with van der Waals surface area (Å²) in [6, 6.07) is 5.89. The van der Waals surface area contributed by atoms with Crippen LogP contribution in [0.4, 0.5) is 0 Å². The number of rotatable bonds is 2. The molecule has 1 N–H and O–H groups in total. The van der Waals surface area contributed by atoms with Crippen LogP contribution in [0.15, 0.2) is 22.6 Å². The zero-order chi connectivity index (χ0) is 14.3. The van der Waals surface area contributed by atoms with Gasteiger partial charge in [0.2, 0.25) is 0 Å². The Bertz CT molecular complexity index is 659. The van der Waals surface area contributed by atoms with Crippen LogP contribution in [0.2, 0.25) is 0 Å². The third kappa shape index (κ3) is 2.00. The molecule has 4 nitrogen and oxygen atoms in total. The summed E-state index contributed by atoms with van der Waals surface area (Å²) >= 11 is 0. The smallest absolute Gasteiger partial charge is 0.290 e. The molecule has 1 aromatic carbocycles. The van der Waals surface area contributed by atoms with Crippen LogP contribution in [0.5, 0.6) is 0 Å². The molecule has 1 saturated heterocycles. The van der Waals surface area contributed by atoms with Crippen molar-refractivity contribution in [2.75, 3.05) is 13.2 Å². The fraction of sp³-hybridized carbons (Fsp3) is 0.438. The molecule has 0 bridgehead atoms. The molecule has 1 aliphatic rings. The lowest BCUT2D eigenvalue weighted by Gasteiger charge is -2.22. The summed E-state index contributed by atoms with van der Waals surface area (Å²) in [6.07, 6.45) is 1.80. The zero-order valence-electron chi connectivity index (χ0n) is 11.8. The zero-order valence-corrected chi connectivity index (χ0v) is 11.8. The van der Waals surface area contributed by atoms with E-state index in [0.29, 0.717) is 12.3 Å². The summed E-state index contributed by atoms with van der Waals surface area (Å²) in [7, 11) is 0. The highest BCUT2D eigenvalue weighted by atomic mass is 16.3. The quantitative estimate of drug-likeness (QED) is 0.915. The first-order valence-corrected chi connectivity index (χ1v) is 7.03. The van der Waals surface area contributed by atoms with Crippen LogP contribution < -0.4 is 0 Å². The molecule has 2 heterocycles. The highest BCUT2D eigenvalue weighted by molar-refractivity contribution is 5.99. The Morgan fingerprint density at radius 3 is 3.00 bits per heavy atom. The van der Waals surface area contributed by atoms with Crippen molar-refractivity contribution in [1.29, 1.82) is 0 Å². The fourth-order valence-corrected chi connectivity index (χ4v) is 2.96. The van der Waals surface area contributed by atoms with Crippen molar-refractivity contribution < 1.29 is 14.3 Å². The summed E-state index contributed by atoms with van der Waals surface area (Å²) in [5, 5.41) is 10.3. The monoisotopic (exact) mass is 273 g/mol. The lowest BCUT2D eigenvalue weighted by atomic mass is 10.1. The number of aryl methyl sites for hydroxylation is 2. The van der Waals surface area contributed by atoms with E-state index in [4.69, 9.17) is 4.42 Å². The molecule has 0 spiro atoms. The van der Waals surface area contributed by atoms with E-state index in [1.54, 1.807) is 4.90 Å². The van der Waals surface area contributed by atoms with Crippen LogP contribution in [0.25, 0.3) is 11.0 Å². The Morgan fingerprint density at radius 2 is 2.25 bits per heavy atom. The molecule has 0 radical (unpaired) electrons. The molecule has 20 heavy (non-hydrogen) atoms. The van der Waals surface area contributed by atoms with Gasteiger partial charge >= 0.3 is 0 Å². The minimum absolute atomic E-state index is 0.0180. The van der Waals surface area contributed by atoms with E-state index in [9.17, 15) is 9.90 Å². The Morgan fingerprint density at radius 1 is 1.45 bits per heavy atom. The van der Waals surface area contributed by atoms with Gasteiger partial charge in [0.25, 0.3) is 5.91 Å². The Hall–Kier alpha value is -1.81. The van der Waals surface area contributed by atoms with E-state index in [1.165, 1.54) is 0 Å². The summed E-state index contributed by atoms with van der Waals surface area (Å²) in [6.45, 7) is 4.63. The maximum absolute atomic E-state index is 12.6. The molecule has 4 heteroatoms. The van der Waals surface area contributed by atoms with Gasteiger partial charge in [0.1, 0.15) is 5.58 Å². The predicted octanol–water partition coefficient (Wildman–Crippen LogP) is 2.65. The molecule has 2 aromatic rings. The lowest BCUT2D eigenvalue weighted by Crippen LogP contribution is -2.37. The largest absolute Gasteiger partial charge is 0.451 e. The van der Waals surface area contributed by atoms with Gasteiger partial charge in [-0.05, 0) is 38.3 Å². The highest BCUT2D eigenvalue weighted by Gasteiger charge is 2.31. The van der Waals surface area contributed by atoms with Gasteiger partial charge < -0.3 is 14.4 Å². The standard InChI is InChI=1S/C16H19NO3/c1-10-5-6-13-11(2)15(20-14(13)8-10)16(19)17-7-3-4-12(17)9-18/h5-6,8,12,18H,3-4,7,9H2,1-2H3/t12-/m0/s1. The second-order valence-electron chi connectivity index (χ2n) is 5.53. The van der Waals surface area contributed by atoms with E-state index < -0.39 is 0 Å². The van der Waals surface area contributed by atoms with Gasteiger partial charge in [-0.3, -0.25) is 4.79 Å². The Balaban J connectivity index is 2.01. The summed E-state index contributed by atoms with van der Waals surface area (Å²) in [5.74, 6) is 0.304. The van der Waals surface area contributed by atoms with Crippen LogP contribution in [0, 0.1) is 13.8 Å². The van der Waals surface area contributed by atoms with Crippen molar-refractivity contribution in [3.8, 4) is 0 Å². The number of hydrogen-bond donors (Lipinski definition) is 1. The molecule has 0 saturated carbocycles. The van der Waals surface area contributed by atoms with Crippen LogP contribution in [-0.4, -0.2) is 35.1 Å². The number of benzene rings is 1. The van der Waals surface area contributed by atoms with Crippen LogP contribution in [-0.2, 0) is 0 Å². The summed E-state index contributed by atoms with van der Waals surface area (Å²) in [4.78, 5) is 14.3. The van der Waals surface area contributed by atoms with Gasteiger partial charge in [0, 0.05) is 17.5 Å². The van der Waals surface area contributed by atoms with Gasteiger partial charge in [-0.1, -0.05) is 12.1 Å². The average molecular weight is 273 g/mol. The third-order valence-corrected chi connectivity index (χ3v) is 4.14. The molecule has 1 aliphatic heterocycles. The molecular formula is C16H19NO3. The normalized spacial score (nSPS) is 18.9. The molecule has 1 aromatic heterocycles. The number of carbonyl (C=O) groups is 1. The number of nitrogens with zero attached hydrogens (tertiary/aromatic N) is 1. The van der Waals surface area contributed by atoms with Gasteiger partial charge in [0.15, 0.2) is 5.76 Å². The Labute approximate surface area is 118 Å². The maximum Gasteiger partial charge on any atom is 0.290 e. The first kappa shape index (κ1) is 13.2. The minimum atomic E-state index is -0.104. The summed E-state index contributed by atoms with van der Waals surface area (Å²) in [5.41, 5.74) is 2.75. The number of hydrogen-bond acceptors (Lipinski definition) is 3. The van der Waals surface area contributed by atoms with Crippen LogP contribution in [0.1, 0.15) is 34.5 Å². The van der Waals surface area contributed by atoms with E-state index in [2.05, 4.69) is 0 Å². The molecule has 1 atom stereocenters. The Kier molecular flexibility index (Phi) is 3.26. The number of aliphatic hydroxyl groups is 1. The molecular weight excluding hydrogens is 254 g/mol. The SMILES string of the molecule is Cc1ccc2c(C)c(C(=O)N3CCC[C@H]3CO)oc2c1. The molecule has 1 fully saturated rings. The fourth-order valence-electron chi connectivity index (χ4n) is 2.96. The first-order chi connectivity index (χ1) is 9.61. The molecule has 0 unspecified atom stereocenters. The van der Waals surface area contributed by atoms with Crippen molar-refractivity contribution in [3.63, 3.8) is 0 Å². The molecule has 0 aliphatic carbocycles. The number of aliphatic hydroxyl groups excluding tert-OH is 1. The molecule has 106 valence electrons. The third-order valence-electron chi connectivity index (χ3n) is 4.14. The van der Waals surface area contributed by atoms with Crippen molar-refractivity contribution in [2.24, 2.45) is 0 Å². The summed E-state index contributed by atoms with van der Waals surface area (Å²) < 4.78 is 5.77. The predicted molar refractivity (Wildman–Crippen MR) is 76.8 cm³/mol. The number of furan rings is 1. The average Bonchev–Trinajstić information content (AvgIpc) is 3.02. The van der Waals surface area contributed by atoms with E-state index in [0.717, 1.165) is 34.9 Å².